The number of fused-ring (bicyclic) bond motifs is 1. The molecule has 0 atom stereocenters. The number of pyridine rings is 1. The average Bonchev–Trinajstić information content (AvgIpc) is 2.54. The summed E-state index contributed by atoms with van der Waals surface area (Å²) in [5, 5.41) is 1.03. The Balaban J connectivity index is 2.17. The van der Waals surface area contributed by atoms with Crippen molar-refractivity contribution in [1.29, 1.82) is 0 Å². The minimum atomic E-state index is 0.0720. The van der Waals surface area contributed by atoms with Gasteiger partial charge in [0.25, 0.3) is 0 Å². The lowest BCUT2D eigenvalue weighted by atomic mass is 9.99. The number of carbonyl (C=O) groups is 1. The van der Waals surface area contributed by atoms with Gasteiger partial charge in [0.1, 0.15) is 5.75 Å². The Hall–Kier alpha value is -2.68. The van der Waals surface area contributed by atoms with E-state index in [0.29, 0.717) is 0 Å². The van der Waals surface area contributed by atoms with Gasteiger partial charge in [-0.3, -0.25) is 9.78 Å². The molecule has 3 heteroatoms. The summed E-state index contributed by atoms with van der Waals surface area (Å²) < 4.78 is 5.29. The number of aromatic nitrogens is 1. The molecule has 0 radical (unpaired) electrons. The van der Waals surface area contributed by atoms with Crippen LogP contribution >= 0.6 is 0 Å². The normalized spacial score (nSPS) is 10.6. The maximum absolute atomic E-state index is 11.4. The molecule has 0 amide bonds. The zero-order valence-electron chi connectivity index (χ0n) is 12.0. The molecule has 104 valence electrons. The van der Waals surface area contributed by atoms with Crippen LogP contribution in [-0.4, -0.2) is 17.9 Å². The Morgan fingerprint density at radius 2 is 1.81 bits per heavy atom. The van der Waals surface area contributed by atoms with Crippen LogP contribution in [0.4, 0.5) is 0 Å². The molecule has 1 aromatic heterocycles. The Bertz CT molecular complexity index is 807. The highest BCUT2D eigenvalue weighted by molar-refractivity contribution is 5.97. The third kappa shape index (κ3) is 2.50. The van der Waals surface area contributed by atoms with Gasteiger partial charge in [0.05, 0.1) is 12.6 Å². The maximum atomic E-state index is 11.4. The average molecular weight is 277 g/mol. The van der Waals surface area contributed by atoms with E-state index in [2.05, 4.69) is 4.98 Å². The van der Waals surface area contributed by atoms with Crippen LogP contribution in [0.2, 0.25) is 0 Å². The van der Waals surface area contributed by atoms with E-state index in [1.54, 1.807) is 20.2 Å². The van der Waals surface area contributed by atoms with Gasteiger partial charge in [0.2, 0.25) is 0 Å². The van der Waals surface area contributed by atoms with Crippen LogP contribution in [0.1, 0.15) is 17.3 Å². The number of nitrogens with zero attached hydrogens (tertiary/aromatic N) is 1. The zero-order chi connectivity index (χ0) is 14.8. The zero-order valence-corrected chi connectivity index (χ0v) is 12.0. The fourth-order valence-corrected chi connectivity index (χ4v) is 2.39. The van der Waals surface area contributed by atoms with Gasteiger partial charge in [-0.2, -0.15) is 0 Å². The third-order valence-corrected chi connectivity index (χ3v) is 3.55. The second kappa shape index (κ2) is 5.37. The molecular formula is C18H15NO2. The van der Waals surface area contributed by atoms with Crippen molar-refractivity contribution < 1.29 is 9.53 Å². The number of methoxy groups -OCH3 is 1. The number of carbonyl (C=O) groups excluding carboxylic acids is 1. The Labute approximate surface area is 123 Å². The van der Waals surface area contributed by atoms with E-state index in [4.69, 9.17) is 4.74 Å². The largest absolute Gasteiger partial charge is 0.497 e. The van der Waals surface area contributed by atoms with Crippen molar-refractivity contribution in [3.8, 4) is 16.9 Å². The Kier molecular flexibility index (Phi) is 3.40. The summed E-state index contributed by atoms with van der Waals surface area (Å²) in [6.07, 6.45) is 1.79. The number of Topliss-reactive ketones (excluding diaryl/α,β-unsaturated/α-hetero) is 1. The van der Waals surface area contributed by atoms with Crippen molar-refractivity contribution in [1.82, 2.24) is 4.98 Å². The molecule has 0 N–H and O–H groups in total. The molecule has 3 aromatic rings. The van der Waals surface area contributed by atoms with Gasteiger partial charge in [-0.1, -0.05) is 24.3 Å². The highest BCUT2D eigenvalue weighted by Gasteiger charge is 2.07. The molecule has 2 aromatic carbocycles. The first-order valence-electron chi connectivity index (χ1n) is 6.73. The van der Waals surface area contributed by atoms with Crippen molar-refractivity contribution in [2.24, 2.45) is 0 Å². The lowest BCUT2D eigenvalue weighted by molar-refractivity contribution is 0.101. The summed E-state index contributed by atoms with van der Waals surface area (Å²) in [5.74, 6) is 0.875. The Morgan fingerprint density at radius 1 is 1.05 bits per heavy atom. The van der Waals surface area contributed by atoms with E-state index in [9.17, 15) is 4.79 Å². The summed E-state index contributed by atoms with van der Waals surface area (Å²) in [6, 6.07) is 15.4. The summed E-state index contributed by atoms with van der Waals surface area (Å²) >= 11 is 0. The van der Waals surface area contributed by atoms with E-state index < -0.39 is 0 Å². The summed E-state index contributed by atoms with van der Waals surface area (Å²) in [5.41, 5.74) is 3.77. The molecular weight excluding hydrogens is 262 g/mol. The standard InChI is InChI=1S/C18H15NO2/c1-12(20)13-3-5-14(6-4-13)16-9-10-19-18-8-7-15(21-2)11-17(16)18/h3-11H,1-2H3. The monoisotopic (exact) mass is 277 g/mol. The van der Waals surface area contributed by atoms with Gasteiger partial charge in [-0.05, 0) is 42.3 Å². The van der Waals surface area contributed by atoms with Gasteiger partial charge in [-0.25, -0.2) is 0 Å². The van der Waals surface area contributed by atoms with Crippen LogP contribution < -0.4 is 4.74 Å². The van der Waals surface area contributed by atoms with Crippen molar-refractivity contribution in [2.75, 3.05) is 7.11 Å². The first-order valence-corrected chi connectivity index (χ1v) is 6.73. The SMILES string of the molecule is COc1ccc2nccc(-c3ccc(C(C)=O)cc3)c2c1. The summed E-state index contributed by atoms with van der Waals surface area (Å²) in [6.45, 7) is 1.57. The smallest absolute Gasteiger partial charge is 0.159 e. The van der Waals surface area contributed by atoms with Gasteiger partial charge in [0, 0.05) is 17.1 Å². The molecule has 0 saturated heterocycles. The van der Waals surface area contributed by atoms with E-state index in [-0.39, 0.29) is 5.78 Å². The second-order valence-corrected chi connectivity index (χ2v) is 4.88. The van der Waals surface area contributed by atoms with Crippen molar-refractivity contribution in [3.63, 3.8) is 0 Å². The maximum Gasteiger partial charge on any atom is 0.159 e. The number of ether oxygens (including phenoxy) is 1. The van der Waals surface area contributed by atoms with Crippen molar-refractivity contribution in [3.05, 3.63) is 60.3 Å². The van der Waals surface area contributed by atoms with E-state index >= 15 is 0 Å². The van der Waals surface area contributed by atoms with Crippen LogP contribution in [-0.2, 0) is 0 Å². The number of rotatable bonds is 3. The molecule has 3 nitrogen and oxygen atoms in total. The van der Waals surface area contributed by atoms with Gasteiger partial charge >= 0.3 is 0 Å². The number of hydrogen-bond acceptors (Lipinski definition) is 3. The molecule has 21 heavy (non-hydrogen) atoms. The van der Waals surface area contributed by atoms with Gasteiger partial charge in [0.15, 0.2) is 5.78 Å². The quantitative estimate of drug-likeness (QED) is 0.676. The molecule has 0 spiro atoms. The highest BCUT2D eigenvalue weighted by Crippen LogP contribution is 2.30. The van der Waals surface area contributed by atoms with E-state index in [1.165, 1.54) is 0 Å². The van der Waals surface area contributed by atoms with Crippen LogP contribution in [0.5, 0.6) is 5.75 Å². The van der Waals surface area contributed by atoms with Gasteiger partial charge in [-0.15, -0.1) is 0 Å². The van der Waals surface area contributed by atoms with Crippen molar-refractivity contribution in [2.45, 2.75) is 6.92 Å². The molecule has 0 aliphatic rings. The van der Waals surface area contributed by atoms with E-state index in [0.717, 1.165) is 33.3 Å². The molecule has 0 fully saturated rings. The third-order valence-electron chi connectivity index (χ3n) is 3.55. The Morgan fingerprint density at radius 3 is 2.48 bits per heavy atom. The molecule has 1 heterocycles. The van der Waals surface area contributed by atoms with Crippen LogP contribution in [0, 0.1) is 0 Å². The van der Waals surface area contributed by atoms with Crippen LogP contribution in [0.25, 0.3) is 22.0 Å². The predicted molar refractivity (Wildman–Crippen MR) is 83.7 cm³/mol. The molecule has 0 aliphatic heterocycles. The molecule has 0 saturated carbocycles. The molecule has 0 aliphatic carbocycles. The fourth-order valence-electron chi connectivity index (χ4n) is 2.39. The molecule has 0 unspecified atom stereocenters. The lowest BCUT2D eigenvalue weighted by Gasteiger charge is -2.08. The van der Waals surface area contributed by atoms with Crippen LogP contribution in [0.15, 0.2) is 54.7 Å². The summed E-state index contributed by atoms with van der Waals surface area (Å²) in [7, 11) is 1.65. The van der Waals surface area contributed by atoms with Crippen molar-refractivity contribution >= 4 is 16.7 Å². The molecule has 3 rings (SSSR count). The first-order chi connectivity index (χ1) is 10.2. The molecule has 0 bridgehead atoms. The number of hydrogen-bond donors (Lipinski definition) is 0. The van der Waals surface area contributed by atoms with E-state index in [1.807, 2.05) is 48.5 Å². The minimum Gasteiger partial charge on any atom is -0.497 e. The number of ketones is 1. The lowest BCUT2D eigenvalue weighted by Crippen LogP contribution is -1.91. The highest BCUT2D eigenvalue weighted by atomic mass is 16.5. The predicted octanol–water partition coefficient (Wildman–Crippen LogP) is 4.11. The number of benzene rings is 2. The minimum absolute atomic E-state index is 0.0720. The first kappa shape index (κ1) is 13.3. The summed E-state index contributed by atoms with van der Waals surface area (Å²) in [4.78, 5) is 15.7. The fraction of sp³-hybridized carbons (Fsp3) is 0.111. The topological polar surface area (TPSA) is 39.2 Å². The van der Waals surface area contributed by atoms with Crippen LogP contribution in [0.3, 0.4) is 0 Å². The second-order valence-electron chi connectivity index (χ2n) is 4.88. The van der Waals surface area contributed by atoms with Gasteiger partial charge < -0.3 is 4.74 Å².